The molecule has 0 unspecified atom stereocenters. The van der Waals surface area contributed by atoms with Crippen LogP contribution in [0.3, 0.4) is 0 Å². The minimum atomic E-state index is -0.639. The molecular formula is C19H19ClN4O2. The minimum absolute atomic E-state index is 0.236. The molecule has 0 aliphatic heterocycles. The van der Waals surface area contributed by atoms with Crippen LogP contribution in [-0.4, -0.2) is 34.4 Å². The molecule has 3 N–H and O–H groups in total. The predicted octanol–water partition coefficient (Wildman–Crippen LogP) is 2.69. The van der Waals surface area contributed by atoms with Gasteiger partial charge in [0, 0.05) is 41.1 Å². The fourth-order valence-electron chi connectivity index (χ4n) is 2.67. The van der Waals surface area contributed by atoms with Gasteiger partial charge in [0.1, 0.15) is 6.04 Å². The van der Waals surface area contributed by atoms with Crippen molar-refractivity contribution in [3.05, 3.63) is 65.1 Å². The highest BCUT2D eigenvalue weighted by molar-refractivity contribution is 6.31. The zero-order chi connectivity index (χ0) is 18.5. The molecule has 7 heteroatoms. The van der Waals surface area contributed by atoms with Gasteiger partial charge < -0.3 is 15.6 Å². The van der Waals surface area contributed by atoms with Crippen molar-refractivity contribution in [2.75, 3.05) is 6.54 Å². The lowest BCUT2D eigenvalue weighted by Crippen LogP contribution is -2.45. The van der Waals surface area contributed by atoms with E-state index >= 15 is 0 Å². The molecule has 0 fully saturated rings. The Balaban J connectivity index is 1.51. The summed E-state index contributed by atoms with van der Waals surface area (Å²) in [7, 11) is 0. The summed E-state index contributed by atoms with van der Waals surface area (Å²) in [5, 5.41) is 7.22. The first-order chi connectivity index (χ1) is 12.5. The topological polar surface area (TPSA) is 86.9 Å². The van der Waals surface area contributed by atoms with Crippen LogP contribution in [0.2, 0.25) is 5.02 Å². The van der Waals surface area contributed by atoms with Crippen LogP contribution >= 0.6 is 11.6 Å². The van der Waals surface area contributed by atoms with E-state index in [9.17, 15) is 9.59 Å². The number of H-pyrrole nitrogens is 1. The first-order valence-corrected chi connectivity index (χ1v) is 8.66. The van der Waals surface area contributed by atoms with Crippen molar-refractivity contribution < 1.29 is 9.59 Å². The molecule has 0 spiro atoms. The number of nitrogens with one attached hydrogen (secondary N) is 3. The number of halogens is 1. The van der Waals surface area contributed by atoms with Crippen LogP contribution in [0, 0.1) is 0 Å². The van der Waals surface area contributed by atoms with E-state index in [1.54, 1.807) is 25.3 Å². The fourth-order valence-corrected chi connectivity index (χ4v) is 2.85. The van der Waals surface area contributed by atoms with E-state index in [0.29, 0.717) is 23.6 Å². The maximum atomic E-state index is 12.2. The Morgan fingerprint density at radius 1 is 1.31 bits per heavy atom. The van der Waals surface area contributed by atoms with Crippen molar-refractivity contribution in [3.63, 3.8) is 0 Å². The third-order valence-electron chi connectivity index (χ3n) is 4.09. The summed E-state index contributed by atoms with van der Waals surface area (Å²) in [6.07, 6.45) is 5.63. The highest BCUT2D eigenvalue weighted by Gasteiger charge is 2.16. The highest BCUT2D eigenvalue weighted by Crippen LogP contribution is 2.22. The van der Waals surface area contributed by atoms with Crippen molar-refractivity contribution in [2.45, 2.75) is 19.4 Å². The van der Waals surface area contributed by atoms with Gasteiger partial charge >= 0.3 is 0 Å². The Labute approximate surface area is 156 Å². The quantitative estimate of drug-likeness (QED) is 0.623. The summed E-state index contributed by atoms with van der Waals surface area (Å²) in [6.45, 7) is 2.11. The van der Waals surface area contributed by atoms with Gasteiger partial charge in [-0.25, -0.2) is 0 Å². The Hall–Kier alpha value is -2.86. The predicted molar refractivity (Wildman–Crippen MR) is 101 cm³/mol. The molecule has 2 heterocycles. The van der Waals surface area contributed by atoms with E-state index < -0.39 is 6.04 Å². The van der Waals surface area contributed by atoms with Crippen molar-refractivity contribution in [1.82, 2.24) is 20.6 Å². The average molecular weight is 371 g/mol. The maximum Gasteiger partial charge on any atom is 0.253 e. The number of fused-ring (bicyclic) bond motifs is 1. The Morgan fingerprint density at radius 3 is 2.92 bits per heavy atom. The smallest absolute Gasteiger partial charge is 0.253 e. The number of rotatable bonds is 6. The Morgan fingerprint density at radius 2 is 2.15 bits per heavy atom. The van der Waals surface area contributed by atoms with Gasteiger partial charge in [-0.05, 0) is 49.2 Å². The summed E-state index contributed by atoms with van der Waals surface area (Å²) < 4.78 is 0. The Kier molecular flexibility index (Phi) is 5.53. The van der Waals surface area contributed by atoms with Gasteiger partial charge in [-0.1, -0.05) is 11.6 Å². The standard InChI is InChI=1S/C19H19ClN4O2/c1-12(24-19(26)14-3-2-7-21-10-14)18(25)22-8-6-13-11-23-17-5-4-15(20)9-16(13)17/h2-5,7,9-12,23H,6,8H2,1H3,(H,22,25)(H,24,26)/t12-/m1/s1. The van der Waals surface area contributed by atoms with E-state index in [-0.39, 0.29) is 11.8 Å². The first-order valence-electron chi connectivity index (χ1n) is 8.28. The van der Waals surface area contributed by atoms with E-state index in [0.717, 1.165) is 16.5 Å². The van der Waals surface area contributed by atoms with Crippen LogP contribution < -0.4 is 10.6 Å². The van der Waals surface area contributed by atoms with Crippen molar-refractivity contribution in [3.8, 4) is 0 Å². The molecular weight excluding hydrogens is 352 g/mol. The SMILES string of the molecule is C[C@@H](NC(=O)c1cccnc1)C(=O)NCCc1c[nH]c2ccc(Cl)cc12. The zero-order valence-corrected chi connectivity index (χ0v) is 15.0. The first kappa shape index (κ1) is 17.9. The molecule has 0 radical (unpaired) electrons. The molecule has 0 aliphatic carbocycles. The third-order valence-corrected chi connectivity index (χ3v) is 4.32. The van der Waals surface area contributed by atoms with Crippen LogP contribution in [0.5, 0.6) is 0 Å². The lowest BCUT2D eigenvalue weighted by molar-refractivity contribution is -0.122. The Bertz CT molecular complexity index is 924. The molecule has 1 atom stereocenters. The molecule has 3 aromatic rings. The minimum Gasteiger partial charge on any atom is -0.361 e. The monoisotopic (exact) mass is 370 g/mol. The van der Waals surface area contributed by atoms with Crippen LogP contribution in [0.4, 0.5) is 0 Å². The van der Waals surface area contributed by atoms with Gasteiger partial charge in [0.25, 0.3) is 5.91 Å². The molecule has 134 valence electrons. The number of benzene rings is 1. The zero-order valence-electron chi connectivity index (χ0n) is 14.3. The van der Waals surface area contributed by atoms with Crippen molar-refractivity contribution >= 4 is 34.3 Å². The van der Waals surface area contributed by atoms with Crippen LogP contribution in [-0.2, 0) is 11.2 Å². The van der Waals surface area contributed by atoms with Crippen molar-refractivity contribution in [1.29, 1.82) is 0 Å². The van der Waals surface area contributed by atoms with Gasteiger partial charge in [0.2, 0.25) is 5.91 Å². The largest absolute Gasteiger partial charge is 0.361 e. The molecule has 0 saturated carbocycles. The molecule has 0 bridgehead atoms. The summed E-state index contributed by atoms with van der Waals surface area (Å²) in [5.74, 6) is -0.563. The van der Waals surface area contributed by atoms with Gasteiger partial charge in [-0.2, -0.15) is 0 Å². The number of carbonyl (C=O) groups excluding carboxylic acids is 2. The van der Waals surface area contributed by atoms with Crippen LogP contribution in [0.1, 0.15) is 22.8 Å². The molecule has 2 aromatic heterocycles. The lowest BCUT2D eigenvalue weighted by atomic mass is 10.1. The van der Waals surface area contributed by atoms with Crippen LogP contribution in [0.25, 0.3) is 10.9 Å². The average Bonchev–Trinajstić information content (AvgIpc) is 3.04. The number of hydrogen-bond donors (Lipinski definition) is 3. The van der Waals surface area contributed by atoms with E-state index in [4.69, 9.17) is 11.6 Å². The summed E-state index contributed by atoms with van der Waals surface area (Å²) in [5.41, 5.74) is 2.51. The maximum absolute atomic E-state index is 12.2. The van der Waals surface area contributed by atoms with Gasteiger partial charge in [-0.3, -0.25) is 14.6 Å². The van der Waals surface area contributed by atoms with Gasteiger partial charge in [0.05, 0.1) is 5.56 Å². The normalized spacial score (nSPS) is 11.9. The number of carbonyl (C=O) groups is 2. The van der Waals surface area contributed by atoms with Gasteiger partial charge in [0.15, 0.2) is 0 Å². The molecule has 26 heavy (non-hydrogen) atoms. The van der Waals surface area contributed by atoms with Crippen LogP contribution in [0.15, 0.2) is 48.9 Å². The second kappa shape index (κ2) is 8.01. The van der Waals surface area contributed by atoms with Crippen molar-refractivity contribution in [2.24, 2.45) is 0 Å². The fraction of sp³-hybridized carbons (Fsp3) is 0.211. The number of aromatic nitrogens is 2. The number of amides is 2. The number of hydrogen-bond acceptors (Lipinski definition) is 3. The highest BCUT2D eigenvalue weighted by atomic mass is 35.5. The lowest BCUT2D eigenvalue weighted by Gasteiger charge is -2.14. The second-order valence-corrected chi connectivity index (χ2v) is 6.42. The molecule has 0 saturated heterocycles. The number of aromatic amines is 1. The van der Waals surface area contributed by atoms with E-state index in [1.165, 1.54) is 6.20 Å². The second-order valence-electron chi connectivity index (χ2n) is 5.98. The number of pyridine rings is 1. The molecule has 2 amide bonds. The van der Waals surface area contributed by atoms with Gasteiger partial charge in [-0.15, -0.1) is 0 Å². The molecule has 3 rings (SSSR count). The number of nitrogens with zero attached hydrogens (tertiary/aromatic N) is 1. The summed E-state index contributed by atoms with van der Waals surface area (Å²) >= 11 is 6.04. The molecule has 0 aliphatic rings. The summed E-state index contributed by atoms with van der Waals surface area (Å²) in [4.78, 5) is 31.3. The van der Waals surface area contributed by atoms with E-state index in [1.807, 2.05) is 24.4 Å². The molecule has 1 aromatic carbocycles. The molecule has 6 nitrogen and oxygen atoms in total. The van der Waals surface area contributed by atoms with E-state index in [2.05, 4.69) is 20.6 Å². The third kappa shape index (κ3) is 4.21. The summed E-state index contributed by atoms with van der Waals surface area (Å²) in [6, 6.07) is 8.35.